The first-order valence-corrected chi connectivity index (χ1v) is 7.70. The van der Waals surface area contributed by atoms with E-state index in [0.29, 0.717) is 6.10 Å². The Morgan fingerprint density at radius 1 is 1.33 bits per heavy atom. The average Bonchev–Trinajstić information content (AvgIpc) is 2.71. The van der Waals surface area contributed by atoms with Crippen molar-refractivity contribution >= 4 is 15.9 Å². The third-order valence-corrected chi connectivity index (χ3v) is 4.46. The summed E-state index contributed by atoms with van der Waals surface area (Å²) in [6, 6.07) is 4.46. The van der Waals surface area contributed by atoms with Gasteiger partial charge in [0.2, 0.25) is 0 Å². The molecule has 0 spiro atoms. The van der Waals surface area contributed by atoms with E-state index in [1.54, 1.807) is 0 Å². The van der Waals surface area contributed by atoms with E-state index in [2.05, 4.69) is 40.3 Å². The Balaban J connectivity index is 1.83. The zero-order valence-electron chi connectivity index (χ0n) is 10.8. The molecular formula is C15H20BrNO. The Morgan fingerprint density at radius 3 is 2.89 bits per heavy atom. The summed E-state index contributed by atoms with van der Waals surface area (Å²) in [6.07, 6.45) is 5.12. The smallest absolute Gasteiger partial charge is 0.126 e. The molecule has 2 aliphatic heterocycles. The van der Waals surface area contributed by atoms with Crippen molar-refractivity contribution in [3.63, 3.8) is 0 Å². The molecule has 1 unspecified atom stereocenters. The van der Waals surface area contributed by atoms with E-state index >= 15 is 0 Å². The molecule has 2 heterocycles. The minimum absolute atomic E-state index is 0.334. The van der Waals surface area contributed by atoms with Crippen LogP contribution < -0.4 is 10.1 Å². The van der Waals surface area contributed by atoms with E-state index in [1.807, 2.05) is 0 Å². The lowest BCUT2D eigenvalue weighted by atomic mass is 9.90. The summed E-state index contributed by atoms with van der Waals surface area (Å²) in [6.45, 7) is 4.48. The van der Waals surface area contributed by atoms with Gasteiger partial charge in [0.05, 0.1) is 0 Å². The molecule has 1 N–H and O–H groups in total. The molecule has 3 rings (SSSR count). The van der Waals surface area contributed by atoms with Crippen LogP contribution in [0.2, 0.25) is 0 Å². The number of benzene rings is 1. The Hall–Kier alpha value is -0.540. The topological polar surface area (TPSA) is 21.3 Å². The molecule has 2 nitrogen and oxygen atoms in total. The number of nitrogens with one attached hydrogen (secondary N) is 1. The van der Waals surface area contributed by atoms with Crippen molar-refractivity contribution in [3.8, 4) is 5.75 Å². The lowest BCUT2D eigenvalue weighted by Crippen LogP contribution is -2.28. The summed E-state index contributed by atoms with van der Waals surface area (Å²) in [5, 5.41) is 3.43. The Bertz CT molecular complexity index is 440. The molecule has 1 atom stereocenters. The van der Waals surface area contributed by atoms with Gasteiger partial charge in [0.1, 0.15) is 11.9 Å². The highest BCUT2D eigenvalue weighted by molar-refractivity contribution is 9.10. The van der Waals surface area contributed by atoms with E-state index in [0.717, 1.165) is 31.8 Å². The number of ether oxygens (including phenoxy) is 1. The second-order valence-corrected chi connectivity index (χ2v) is 6.50. The summed E-state index contributed by atoms with van der Waals surface area (Å²) in [5.74, 6) is 1.98. The van der Waals surface area contributed by atoms with Crippen LogP contribution in [0.25, 0.3) is 0 Å². The maximum absolute atomic E-state index is 6.00. The first-order valence-electron chi connectivity index (χ1n) is 6.91. The quantitative estimate of drug-likeness (QED) is 0.905. The standard InChI is InChI=1S/C15H20BrNO/c1-10-6-12-8-14(16)9-13(15(12)18-10)7-11-2-4-17-5-3-11/h8-11,17H,2-7H2,1H3. The predicted octanol–water partition coefficient (Wildman–Crippen LogP) is 3.31. The summed E-state index contributed by atoms with van der Waals surface area (Å²) < 4.78 is 7.20. The number of hydrogen-bond donors (Lipinski definition) is 1. The second kappa shape index (κ2) is 5.22. The number of fused-ring (bicyclic) bond motifs is 1. The third-order valence-electron chi connectivity index (χ3n) is 4.00. The van der Waals surface area contributed by atoms with E-state index in [-0.39, 0.29) is 0 Å². The van der Waals surface area contributed by atoms with Crippen molar-refractivity contribution in [1.29, 1.82) is 0 Å². The predicted molar refractivity (Wildman–Crippen MR) is 77.2 cm³/mol. The van der Waals surface area contributed by atoms with Crippen molar-refractivity contribution in [2.45, 2.75) is 38.7 Å². The molecule has 1 aromatic carbocycles. The largest absolute Gasteiger partial charge is 0.490 e. The van der Waals surface area contributed by atoms with Crippen molar-refractivity contribution in [2.75, 3.05) is 13.1 Å². The normalized spacial score (nSPS) is 23.8. The van der Waals surface area contributed by atoms with Gasteiger partial charge in [-0.2, -0.15) is 0 Å². The summed E-state index contributed by atoms with van der Waals surface area (Å²) in [5.41, 5.74) is 2.77. The van der Waals surface area contributed by atoms with Crippen LogP contribution in [0, 0.1) is 5.92 Å². The van der Waals surface area contributed by atoms with Crippen molar-refractivity contribution < 1.29 is 4.74 Å². The van der Waals surface area contributed by atoms with Crippen LogP contribution in [0.15, 0.2) is 16.6 Å². The molecule has 0 bridgehead atoms. The van der Waals surface area contributed by atoms with Gasteiger partial charge >= 0.3 is 0 Å². The maximum atomic E-state index is 6.00. The minimum atomic E-state index is 0.334. The number of halogens is 1. The van der Waals surface area contributed by atoms with Gasteiger partial charge in [0, 0.05) is 10.9 Å². The lowest BCUT2D eigenvalue weighted by molar-refractivity contribution is 0.250. The molecule has 0 aromatic heterocycles. The fourth-order valence-electron chi connectivity index (χ4n) is 3.12. The molecule has 0 amide bonds. The number of piperidine rings is 1. The molecule has 1 fully saturated rings. The van der Waals surface area contributed by atoms with Gasteiger partial charge in [-0.3, -0.25) is 0 Å². The Kier molecular flexibility index (Phi) is 3.62. The van der Waals surface area contributed by atoms with Gasteiger partial charge in [0.25, 0.3) is 0 Å². The van der Waals surface area contributed by atoms with E-state index in [4.69, 9.17) is 4.74 Å². The molecule has 3 heteroatoms. The SMILES string of the molecule is CC1Cc2cc(Br)cc(CC3CCNCC3)c2O1. The second-order valence-electron chi connectivity index (χ2n) is 5.58. The zero-order valence-corrected chi connectivity index (χ0v) is 12.4. The molecule has 98 valence electrons. The molecular weight excluding hydrogens is 290 g/mol. The average molecular weight is 310 g/mol. The van der Waals surface area contributed by atoms with E-state index in [9.17, 15) is 0 Å². The number of rotatable bonds is 2. The van der Waals surface area contributed by atoms with Crippen molar-refractivity contribution in [2.24, 2.45) is 5.92 Å². The molecule has 0 aliphatic carbocycles. The van der Waals surface area contributed by atoms with E-state index in [1.165, 1.54) is 34.2 Å². The van der Waals surface area contributed by atoms with Gasteiger partial charge in [-0.25, -0.2) is 0 Å². The van der Waals surface area contributed by atoms with Crippen LogP contribution in [-0.2, 0) is 12.8 Å². The van der Waals surface area contributed by atoms with Crippen LogP contribution in [0.4, 0.5) is 0 Å². The van der Waals surface area contributed by atoms with Gasteiger partial charge in [-0.1, -0.05) is 15.9 Å². The highest BCUT2D eigenvalue weighted by Crippen LogP contribution is 2.37. The highest BCUT2D eigenvalue weighted by Gasteiger charge is 2.24. The first-order chi connectivity index (χ1) is 8.72. The van der Waals surface area contributed by atoms with Crippen LogP contribution in [-0.4, -0.2) is 19.2 Å². The molecule has 1 aromatic rings. The molecule has 1 saturated heterocycles. The monoisotopic (exact) mass is 309 g/mol. The van der Waals surface area contributed by atoms with Crippen LogP contribution in [0.3, 0.4) is 0 Å². The molecule has 18 heavy (non-hydrogen) atoms. The van der Waals surface area contributed by atoms with Gasteiger partial charge in [0.15, 0.2) is 0 Å². The van der Waals surface area contributed by atoms with Crippen molar-refractivity contribution in [1.82, 2.24) is 5.32 Å². The van der Waals surface area contributed by atoms with E-state index < -0.39 is 0 Å². The molecule has 0 radical (unpaired) electrons. The summed E-state index contributed by atoms with van der Waals surface area (Å²) in [4.78, 5) is 0. The third kappa shape index (κ3) is 2.57. The zero-order chi connectivity index (χ0) is 12.5. The Labute approximate surface area is 117 Å². The fourth-order valence-corrected chi connectivity index (χ4v) is 3.67. The Morgan fingerprint density at radius 2 is 2.11 bits per heavy atom. The fraction of sp³-hybridized carbons (Fsp3) is 0.600. The van der Waals surface area contributed by atoms with Crippen LogP contribution in [0.5, 0.6) is 5.75 Å². The van der Waals surface area contributed by atoms with Crippen molar-refractivity contribution in [3.05, 3.63) is 27.7 Å². The lowest BCUT2D eigenvalue weighted by Gasteiger charge is -2.23. The van der Waals surface area contributed by atoms with Gasteiger partial charge < -0.3 is 10.1 Å². The molecule has 2 aliphatic rings. The van der Waals surface area contributed by atoms with Crippen LogP contribution in [0.1, 0.15) is 30.9 Å². The molecule has 0 saturated carbocycles. The number of hydrogen-bond acceptors (Lipinski definition) is 2. The summed E-state index contributed by atoms with van der Waals surface area (Å²) >= 11 is 3.63. The highest BCUT2D eigenvalue weighted by atomic mass is 79.9. The van der Waals surface area contributed by atoms with Gasteiger partial charge in [-0.15, -0.1) is 0 Å². The van der Waals surface area contributed by atoms with Crippen LogP contribution >= 0.6 is 15.9 Å². The maximum Gasteiger partial charge on any atom is 0.126 e. The summed E-state index contributed by atoms with van der Waals surface area (Å²) in [7, 11) is 0. The van der Waals surface area contributed by atoms with Gasteiger partial charge in [-0.05, 0) is 68.5 Å². The minimum Gasteiger partial charge on any atom is -0.490 e. The first kappa shape index (κ1) is 12.5.